The van der Waals surface area contributed by atoms with Crippen LogP contribution in [0.1, 0.15) is 23.2 Å². The third kappa shape index (κ3) is 4.69. The number of carbonyl (C=O) groups is 2. The van der Waals surface area contributed by atoms with Crippen LogP contribution in [-0.4, -0.2) is 63.7 Å². The Hall–Kier alpha value is -2.08. The molecule has 0 spiro atoms. The number of hydrogen-bond donors (Lipinski definition) is 1. The SMILES string of the molecule is COCC(=O)N1CCC(NC(=O)c2cccc(N(C)C)c2)CC1. The monoisotopic (exact) mass is 319 g/mol. The van der Waals surface area contributed by atoms with Crippen LogP contribution in [0.25, 0.3) is 0 Å². The van der Waals surface area contributed by atoms with E-state index in [0.29, 0.717) is 18.7 Å². The first-order valence-electron chi connectivity index (χ1n) is 7.86. The Labute approximate surface area is 137 Å². The van der Waals surface area contributed by atoms with Crippen molar-refractivity contribution in [3.63, 3.8) is 0 Å². The molecular formula is C17H25N3O3. The number of hydrogen-bond acceptors (Lipinski definition) is 4. The van der Waals surface area contributed by atoms with E-state index < -0.39 is 0 Å². The summed E-state index contributed by atoms with van der Waals surface area (Å²) in [6.45, 7) is 1.43. The predicted molar refractivity (Wildman–Crippen MR) is 89.7 cm³/mol. The first-order valence-corrected chi connectivity index (χ1v) is 7.86. The molecule has 0 radical (unpaired) electrons. The highest BCUT2D eigenvalue weighted by Gasteiger charge is 2.24. The Morgan fingerprint density at radius 2 is 2.00 bits per heavy atom. The average molecular weight is 319 g/mol. The molecule has 0 aliphatic carbocycles. The lowest BCUT2D eigenvalue weighted by atomic mass is 10.0. The zero-order valence-electron chi connectivity index (χ0n) is 14.0. The lowest BCUT2D eigenvalue weighted by Crippen LogP contribution is -2.47. The van der Waals surface area contributed by atoms with E-state index in [4.69, 9.17) is 4.74 Å². The van der Waals surface area contributed by atoms with E-state index in [-0.39, 0.29) is 24.5 Å². The highest BCUT2D eigenvalue weighted by Crippen LogP contribution is 2.15. The molecule has 0 unspecified atom stereocenters. The second-order valence-electron chi connectivity index (χ2n) is 6.01. The molecule has 0 aromatic heterocycles. The molecule has 1 saturated heterocycles. The molecule has 1 aromatic rings. The van der Waals surface area contributed by atoms with E-state index in [1.54, 1.807) is 4.90 Å². The van der Waals surface area contributed by atoms with Crippen molar-refractivity contribution in [3.8, 4) is 0 Å². The second-order valence-corrected chi connectivity index (χ2v) is 6.01. The van der Waals surface area contributed by atoms with Crippen molar-refractivity contribution in [1.29, 1.82) is 0 Å². The van der Waals surface area contributed by atoms with Gasteiger partial charge in [0.1, 0.15) is 6.61 Å². The van der Waals surface area contributed by atoms with Crippen LogP contribution >= 0.6 is 0 Å². The van der Waals surface area contributed by atoms with E-state index in [2.05, 4.69) is 5.32 Å². The molecule has 0 atom stereocenters. The van der Waals surface area contributed by atoms with Crippen LogP contribution in [0.15, 0.2) is 24.3 Å². The number of rotatable bonds is 5. The highest BCUT2D eigenvalue weighted by atomic mass is 16.5. The summed E-state index contributed by atoms with van der Waals surface area (Å²) in [5, 5.41) is 3.07. The molecule has 1 heterocycles. The van der Waals surface area contributed by atoms with Gasteiger partial charge in [0.05, 0.1) is 0 Å². The third-order valence-corrected chi connectivity index (χ3v) is 4.08. The Kier molecular flexibility index (Phi) is 5.98. The molecule has 0 saturated carbocycles. The first kappa shape index (κ1) is 17.3. The highest BCUT2D eigenvalue weighted by molar-refractivity contribution is 5.95. The van der Waals surface area contributed by atoms with E-state index in [1.807, 2.05) is 43.3 Å². The summed E-state index contributed by atoms with van der Waals surface area (Å²) in [5.41, 5.74) is 1.66. The molecule has 1 fully saturated rings. The van der Waals surface area contributed by atoms with Crippen LogP contribution < -0.4 is 10.2 Å². The van der Waals surface area contributed by atoms with Crippen LogP contribution in [0.2, 0.25) is 0 Å². The number of carbonyl (C=O) groups excluding carboxylic acids is 2. The van der Waals surface area contributed by atoms with Gasteiger partial charge in [-0.25, -0.2) is 0 Å². The minimum Gasteiger partial charge on any atom is -0.378 e. The molecule has 1 aliphatic heterocycles. The maximum Gasteiger partial charge on any atom is 0.251 e. The predicted octanol–water partition coefficient (Wildman–Crippen LogP) is 1.12. The number of anilines is 1. The van der Waals surface area contributed by atoms with Crippen molar-refractivity contribution >= 4 is 17.5 Å². The lowest BCUT2D eigenvalue weighted by Gasteiger charge is -2.32. The number of nitrogens with zero attached hydrogens (tertiary/aromatic N) is 2. The molecule has 126 valence electrons. The van der Waals surface area contributed by atoms with Gasteiger partial charge in [0, 0.05) is 51.6 Å². The maximum atomic E-state index is 12.4. The first-order chi connectivity index (χ1) is 11.0. The van der Waals surface area contributed by atoms with Crippen molar-refractivity contribution in [2.45, 2.75) is 18.9 Å². The topological polar surface area (TPSA) is 61.9 Å². The largest absolute Gasteiger partial charge is 0.378 e. The smallest absolute Gasteiger partial charge is 0.251 e. The van der Waals surface area contributed by atoms with Gasteiger partial charge >= 0.3 is 0 Å². The van der Waals surface area contributed by atoms with Crippen molar-refractivity contribution in [1.82, 2.24) is 10.2 Å². The summed E-state index contributed by atoms with van der Waals surface area (Å²) < 4.78 is 4.87. The molecule has 1 aliphatic rings. The molecule has 6 nitrogen and oxygen atoms in total. The molecule has 1 aromatic carbocycles. The van der Waals surface area contributed by atoms with E-state index in [1.165, 1.54) is 7.11 Å². The number of methoxy groups -OCH3 is 1. The molecule has 2 rings (SSSR count). The Bertz CT molecular complexity index is 552. The fourth-order valence-corrected chi connectivity index (χ4v) is 2.68. The Morgan fingerprint density at radius 1 is 1.30 bits per heavy atom. The molecular weight excluding hydrogens is 294 g/mol. The summed E-state index contributed by atoms with van der Waals surface area (Å²) in [6, 6.07) is 7.66. The summed E-state index contributed by atoms with van der Waals surface area (Å²) in [7, 11) is 5.42. The normalized spacial score (nSPS) is 15.3. The van der Waals surface area contributed by atoms with Crippen LogP contribution in [0.4, 0.5) is 5.69 Å². The van der Waals surface area contributed by atoms with Gasteiger partial charge in [0.15, 0.2) is 0 Å². The quantitative estimate of drug-likeness (QED) is 0.883. The number of nitrogens with one attached hydrogen (secondary N) is 1. The minimum atomic E-state index is -0.0598. The van der Waals surface area contributed by atoms with Crippen molar-refractivity contribution in [2.75, 3.05) is 45.8 Å². The van der Waals surface area contributed by atoms with E-state index in [9.17, 15) is 9.59 Å². The van der Waals surface area contributed by atoms with Crippen molar-refractivity contribution in [2.24, 2.45) is 0 Å². The third-order valence-electron chi connectivity index (χ3n) is 4.08. The molecule has 1 N–H and O–H groups in total. The van der Waals surface area contributed by atoms with Gasteiger partial charge in [0.2, 0.25) is 5.91 Å². The number of piperidine rings is 1. The summed E-state index contributed by atoms with van der Waals surface area (Å²) in [4.78, 5) is 27.9. The summed E-state index contributed by atoms with van der Waals surface area (Å²) in [6.07, 6.45) is 1.54. The van der Waals surface area contributed by atoms with Crippen LogP contribution in [0.5, 0.6) is 0 Å². The second kappa shape index (κ2) is 7.97. The molecule has 6 heteroatoms. The molecule has 23 heavy (non-hydrogen) atoms. The van der Waals surface area contributed by atoms with Gasteiger partial charge in [-0.15, -0.1) is 0 Å². The number of amides is 2. The lowest BCUT2D eigenvalue weighted by molar-refractivity contribution is -0.136. The summed E-state index contributed by atoms with van der Waals surface area (Å²) >= 11 is 0. The van der Waals surface area contributed by atoms with Gasteiger partial charge < -0.3 is 19.9 Å². The minimum absolute atomic E-state index is 0.0101. The number of benzene rings is 1. The molecule has 0 bridgehead atoms. The zero-order chi connectivity index (χ0) is 16.8. The van der Waals surface area contributed by atoms with Gasteiger partial charge in [0.25, 0.3) is 5.91 Å². The van der Waals surface area contributed by atoms with Gasteiger partial charge in [-0.05, 0) is 31.0 Å². The zero-order valence-corrected chi connectivity index (χ0v) is 14.0. The van der Waals surface area contributed by atoms with E-state index in [0.717, 1.165) is 18.5 Å². The van der Waals surface area contributed by atoms with Crippen LogP contribution in [0.3, 0.4) is 0 Å². The standard InChI is InChI=1S/C17H25N3O3/c1-19(2)15-6-4-5-13(11-15)17(22)18-14-7-9-20(10-8-14)16(21)12-23-3/h4-6,11,14H,7-10,12H2,1-3H3,(H,18,22). The number of likely N-dealkylation sites (tertiary alicyclic amines) is 1. The van der Waals surface area contributed by atoms with Gasteiger partial charge in [-0.2, -0.15) is 0 Å². The van der Waals surface area contributed by atoms with Gasteiger partial charge in [-0.3, -0.25) is 9.59 Å². The van der Waals surface area contributed by atoms with Gasteiger partial charge in [-0.1, -0.05) is 6.07 Å². The fraction of sp³-hybridized carbons (Fsp3) is 0.529. The number of ether oxygens (including phenoxy) is 1. The average Bonchev–Trinajstić information content (AvgIpc) is 2.55. The summed E-state index contributed by atoms with van der Waals surface area (Å²) in [5.74, 6) is -0.0497. The molecule has 2 amide bonds. The Morgan fingerprint density at radius 3 is 2.61 bits per heavy atom. The van der Waals surface area contributed by atoms with Crippen molar-refractivity contribution < 1.29 is 14.3 Å². The van der Waals surface area contributed by atoms with Crippen molar-refractivity contribution in [3.05, 3.63) is 29.8 Å². The van der Waals surface area contributed by atoms with Crippen LogP contribution in [-0.2, 0) is 9.53 Å². The Balaban J connectivity index is 1.87. The maximum absolute atomic E-state index is 12.4. The van der Waals surface area contributed by atoms with E-state index >= 15 is 0 Å². The van der Waals surface area contributed by atoms with Crippen LogP contribution in [0, 0.1) is 0 Å². The fourth-order valence-electron chi connectivity index (χ4n) is 2.68.